The van der Waals surface area contributed by atoms with Crippen LogP contribution in [-0.4, -0.2) is 23.8 Å². The van der Waals surface area contributed by atoms with E-state index in [0.29, 0.717) is 5.56 Å². The molecule has 4 nitrogen and oxygen atoms in total. The first-order chi connectivity index (χ1) is 5.99. The van der Waals surface area contributed by atoms with Crippen molar-refractivity contribution in [2.24, 2.45) is 0 Å². The maximum absolute atomic E-state index is 10.3. The second-order valence-corrected chi connectivity index (χ2v) is 4.10. The van der Waals surface area contributed by atoms with Crippen molar-refractivity contribution in [2.45, 2.75) is 6.10 Å². The summed E-state index contributed by atoms with van der Waals surface area (Å²) in [5, 5.41) is 9.28. The van der Waals surface area contributed by atoms with Crippen molar-refractivity contribution in [3.05, 3.63) is 35.9 Å². The molecule has 0 saturated heterocycles. The van der Waals surface area contributed by atoms with Gasteiger partial charge in [-0.1, -0.05) is 30.3 Å². The molecule has 0 aliphatic carbocycles. The van der Waals surface area contributed by atoms with Gasteiger partial charge in [-0.3, -0.25) is 0 Å². The van der Waals surface area contributed by atoms with E-state index in [1.807, 2.05) is 0 Å². The fourth-order valence-electron chi connectivity index (χ4n) is 0.965. The van der Waals surface area contributed by atoms with Crippen LogP contribution in [0.3, 0.4) is 0 Å². The maximum Gasteiger partial charge on any atom is 1.00 e. The van der Waals surface area contributed by atoms with Crippen LogP contribution in [0, 0.1) is 0 Å². The van der Waals surface area contributed by atoms with E-state index in [-0.39, 0.29) is 29.6 Å². The Morgan fingerprint density at radius 2 is 1.79 bits per heavy atom. The van der Waals surface area contributed by atoms with Crippen molar-refractivity contribution >= 4 is 10.1 Å². The molecule has 0 aliphatic heterocycles. The minimum atomic E-state index is -4.37. The average Bonchev–Trinajstić information content (AvgIpc) is 2.03. The predicted molar refractivity (Wildman–Crippen MR) is 46.0 cm³/mol. The van der Waals surface area contributed by atoms with E-state index in [1.54, 1.807) is 30.3 Å². The summed E-state index contributed by atoms with van der Waals surface area (Å²) in [6.07, 6.45) is -1.23. The zero-order valence-corrected chi connectivity index (χ0v) is 10.6. The van der Waals surface area contributed by atoms with Gasteiger partial charge in [-0.15, -0.1) is 0 Å². The van der Waals surface area contributed by atoms with Gasteiger partial charge in [-0.2, -0.15) is 0 Å². The molecule has 0 aliphatic rings. The first-order valence-corrected chi connectivity index (χ1v) is 5.23. The molecule has 0 fully saturated rings. The third-order valence-corrected chi connectivity index (χ3v) is 2.27. The summed E-state index contributed by atoms with van der Waals surface area (Å²) in [7, 11) is -4.37. The van der Waals surface area contributed by atoms with Crippen molar-refractivity contribution in [3.63, 3.8) is 0 Å². The number of hydrogen-bond acceptors (Lipinski definition) is 4. The molecule has 0 amide bonds. The average molecular weight is 224 g/mol. The van der Waals surface area contributed by atoms with Gasteiger partial charge in [-0.25, -0.2) is 8.42 Å². The van der Waals surface area contributed by atoms with Crippen molar-refractivity contribution < 1.29 is 47.6 Å². The Balaban J connectivity index is 0.00000169. The van der Waals surface area contributed by atoms with Crippen LogP contribution < -0.4 is 29.6 Å². The number of aliphatic hydroxyl groups excluding tert-OH is 1. The number of hydrogen-bond donors (Lipinski definition) is 1. The Morgan fingerprint density at radius 3 is 2.21 bits per heavy atom. The number of benzene rings is 1. The van der Waals surface area contributed by atoms with E-state index in [1.165, 1.54) is 0 Å². The molecule has 0 saturated carbocycles. The monoisotopic (exact) mass is 224 g/mol. The second-order valence-electron chi connectivity index (χ2n) is 2.65. The maximum atomic E-state index is 10.3. The van der Waals surface area contributed by atoms with Crippen LogP contribution in [0.5, 0.6) is 0 Å². The predicted octanol–water partition coefficient (Wildman–Crippen LogP) is -2.73. The standard InChI is InChI=1S/C8H10O4S.Na/c9-8(6-13(10,11)12)7-4-2-1-3-5-7;/h1-5,8-9H,6H2,(H,10,11,12);/q;+1/p-1/t8-;/m0./s1. The Labute approximate surface area is 105 Å². The largest absolute Gasteiger partial charge is 1.00 e. The van der Waals surface area contributed by atoms with Crippen molar-refractivity contribution in [1.29, 1.82) is 0 Å². The van der Waals surface area contributed by atoms with Gasteiger partial charge in [0, 0.05) is 0 Å². The van der Waals surface area contributed by atoms with Crippen LogP contribution in [0.4, 0.5) is 0 Å². The van der Waals surface area contributed by atoms with Crippen LogP contribution in [0.1, 0.15) is 11.7 Å². The third kappa shape index (κ3) is 5.09. The zero-order valence-electron chi connectivity index (χ0n) is 7.75. The normalized spacial score (nSPS) is 13.0. The molecule has 0 heterocycles. The molecular weight excluding hydrogens is 215 g/mol. The molecule has 72 valence electrons. The Bertz CT molecular complexity index is 362. The summed E-state index contributed by atoms with van der Waals surface area (Å²) in [6, 6.07) is 8.19. The molecule has 0 spiro atoms. The third-order valence-electron chi connectivity index (χ3n) is 1.55. The second kappa shape index (κ2) is 5.85. The zero-order chi connectivity index (χ0) is 9.90. The molecule has 1 aromatic carbocycles. The van der Waals surface area contributed by atoms with Gasteiger partial charge >= 0.3 is 29.6 Å². The van der Waals surface area contributed by atoms with E-state index >= 15 is 0 Å². The smallest absolute Gasteiger partial charge is 0.748 e. The van der Waals surface area contributed by atoms with Crippen LogP contribution in [0.25, 0.3) is 0 Å². The van der Waals surface area contributed by atoms with Crippen LogP contribution >= 0.6 is 0 Å². The Morgan fingerprint density at radius 1 is 1.29 bits per heavy atom. The van der Waals surface area contributed by atoms with Crippen LogP contribution in [-0.2, 0) is 10.1 Å². The molecule has 1 aromatic rings. The first-order valence-electron chi connectivity index (χ1n) is 3.65. The van der Waals surface area contributed by atoms with Gasteiger partial charge in [0.1, 0.15) is 0 Å². The van der Waals surface area contributed by atoms with Gasteiger partial charge in [0.15, 0.2) is 0 Å². The summed E-state index contributed by atoms with van der Waals surface area (Å²) in [4.78, 5) is 0. The van der Waals surface area contributed by atoms with E-state index in [4.69, 9.17) is 0 Å². The molecule has 0 bridgehead atoms. The fourth-order valence-corrected chi connectivity index (χ4v) is 1.54. The first kappa shape index (κ1) is 14.1. The van der Waals surface area contributed by atoms with Crippen molar-refractivity contribution in [3.8, 4) is 0 Å². The molecular formula is C8H9NaO4S. The summed E-state index contributed by atoms with van der Waals surface area (Å²) in [5.41, 5.74) is 0.432. The summed E-state index contributed by atoms with van der Waals surface area (Å²) in [5.74, 6) is -0.781. The topological polar surface area (TPSA) is 77.4 Å². The van der Waals surface area contributed by atoms with Gasteiger partial charge in [0.05, 0.1) is 22.0 Å². The molecule has 0 aromatic heterocycles. The van der Waals surface area contributed by atoms with Gasteiger partial charge < -0.3 is 9.66 Å². The minimum absolute atomic E-state index is 0. The summed E-state index contributed by atoms with van der Waals surface area (Å²) >= 11 is 0. The Kier molecular flexibility index (Phi) is 5.88. The van der Waals surface area contributed by atoms with Gasteiger partial charge in [-0.05, 0) is 5.56 Å². The van der Waals surface area contributed by atoms with Crippen molar-refractivity contribution in [2.75, 3.05) is 5.75 Å². The number of rotatable bonds is 3. The molecule has 14 heavy (non-hydrogen) atoms. The van der Waals surface area contributed by atoms with E-state index in [0.717, 1.165) is 0 Å². The molecule has 6 heteroatoms. The SMILES string of the molecule is O=S(=O)([O-])C[C@H](O)c1ccccc1.[Na+]. The number of aliphatic hydroxyl groups is 1. The summed E-state index contributed by atoms with van der Waals surface area (Å²) < 4.78 is 30.9. The Hall–Kier alpha value is 0.0900. The van der Waals surface area contributed by atoms with Crippen LogP contribution in [0.2, 0.25) is 0 Å². The quantitative estimate of drug-likeness (QED) is 0.446. The van der Waals surface area contributed by atoms with Crippen molar-refractivity contribution in [1.82, 2.24) is 0 Å². The van der Waals surface area contributed by atoms with Crippen LogP contribution in [0.15, 0.2) is 30.3 Å². The van der Waals surface area contributed by atoms with Gasteiger partial charge in [0.25, 0.3) is 0 Å². The molecule has 1 atom stereocenters. The molecule has 1 N–H and O–H groups in total. The molecule has 0 radical (unpaired) electrons. The minimum Gasteiger partial charge on any atom is -0.748 e. The molecule has 0 unspecified atom stereocenters. The van der Waals surface area contributed by atoms with Gasteiger partial charge in [0.2, 0.25) is 0 Å². The van der Waals surface area contributed by atoms with E-state index in [9.17, 15) is 18.1 Å². The molecule has 1 rings (SSSR count). The van der Waals surface area contributed by atoms with E-state index in [2.05, 4.69) is 0 Å². The summed E-state index contributed by atoms with van der Waals surface area (Å²) in [6.45, 7) is 0. The fraction of sp³-hybridized carbons (Fsp3) is 0.250. The van der Waals surface area contributed by atoms with E-state index < -0.39 is 22.0 Å².